The number of fused-ring (bicyclic) bond motifs is 1. The molecule has 2 heterocycles. The van der Waals surface area contributed by atoms with Gasteiger partial charge in [0.1, 0.15) is 17.0 Å². The van der Waals surface area contributed by atoms with Gasteiger partial charge in [0.25, 0.3) is 0 Å². The fourth-order valence-electron chi connectivity index (χ4n) is 2.77. The van der Waals surface area contributed by atoms with Gasteiger partial charge in [-0.2, -0.15) is 5.10 Å². The van der Waals surface area contributed by atoms with Gasteiger partial charge in [-0.1, -0.05) is 0 Å². The van der Waals surface area contributed by atoms with Crippen molar-refractivity contribution in [1.82, 2.24) is 9.38 Å². The summed E-state index contributed by atoms with van der Waals surface area (Å²) in [7, 11) is 2.78. The van der Waals surface area contributed by atoms with Crippen LogP contribution in [0.25, 0.3) is 16.2 Å². The van der Waals surface area contributed by atoms with Crippen LogP contribution in [0.3, 0.4) is 0 Å². The molecule has 0 radical (unpaired) electrons. The van der Waals surface area contributed by atoms with Crippen molar-refractivity contribution in [2.45, 2.75) is 6.92 Å². The Morgan fingerprint density at radius 2 is 2.00 bits per heavy atom. The highest BCUT2D eigenvalue weighted by Crippen LogP contribution is 2.45. The van der Waals surface area contributed by atoms with Crippen LogP contribution in [0, 0.1) is 17.0 Å². The lowest BCUT2D eigenvalue weighted by molar-refractivity contribution is -0.385. The second-order valence-electron chi connectivity index (χ2n) is 5.56. The quantitative estimate of drug-likeness (QED) is 0.275. The number of nitro groups is 1. The van der Waals surface area contributed by atoms with Gasteiger partial charge in [-0.15, -0.1) is 16.4 Å². The number of nitro benzene ring substituents is 1. The molecule has 0 aliphatic heterocycles. The number of aryl methyl sites for hydroxylation is 1. The van der Waals surface area contributed by atoms with E-state index in [1.165, 1.54) is 37.8 Å². The van der Waals surface area contributed by atoms with Crippen molar-refractivity contribution in [3.05, 3.63) is 39.0 Å². The second-order valence-corrected chi connectivity index (χ2v) is 6.40. The molecule has 0 atom stereocenters. The Labute approximate surface area is 163 Å². The number of benzene rings is 1. The maximum atomic E-state index is 11.8. The standard InChI is InChI=1S/C16H17N7O4S/c1-8-7-28-16-20-13(9(22(8)16)6-19-21-15(17)18)12-10(26-2)4-5-11(27-3)14(12)23(24)25/h4-7H,1-3H3,(H4,17,18,21)/b19-6+. The summed E-state index contributed by atoms with van der Waals surface area (Å²) in [5.74, 6) is 0.138. The van der Waals surface area contributed by atoms with Crippen LogP contribution in [-0.2, 0) is 0 Å². The molecule has 11 nitrogen and oxygen atoms in total. The monoisotopic (exact) mass is 403 g/mol. The van der Waals surface area contributed by atoms with Crippen LogP contribution in [0.2, 0.25) is 0 Å². The predicted molar refractivity (Wildman–Crippen MR) is 106 cm³/mol. The zero-order chi connectivity index (χ0) is 20.4. The summed E-state index contributed by atoms with van der Waals surface area (Å²) < 4.78 is 12.4. The van der Waals surface area contributed by atoms with Crippen LogP contribution in [0.1, 0.15) is 11.4 Å². The van der Waals surface area contributed by atoms with Crippen molar-refractivity contribution in [1.29, 1.82) is 0 Å². The van der Waals surface area contributed by atoms with Crippen molar-refractivity contribution < 1.29 is 14.4 Å². The number of nitrogens with zero attached hydrogens (tertiary/aromatic N) is 5. The van der Waals surface area contributed by atoms with Crippen LogP contribution in [0.5, 0.6) is 11.5 Å². The molecule has 0 aliphatic carbocycles. The number of rotatable bonds is 6. The van der Waals surface area contributed by atoms with E-state index in [2.05, 4.69) is 15.2 Å². The van der Waals surface area contributed by atoms with Crippen molar-refractivity contribution in [2.75, 3.05) is 14.2 Å². The molecule has 0 aliphatic rings. The lowest BCUT2D eigenvalue weighted by atomic mass is 10.1. The largest absolute Gasteiger partial charge is 0.496 e. The molecule has 0 saturated heterocycles. The minimum atomic E-state index is -0.534. The number of imidazole rings is 1. The van der Waals surface area contributed by atoms with Crippen LogP contribution < -0.4 is 20.9 Å². The average Bonchev–Trinajstić information content (AvgIpc) is 3.20. The lowest BCUT2D eigenvalue weighted by Crippen LogP contribution is -2.21. The minimum Gasteiger partial charge on any atom is -0.496 e. The van der Waals surface area contributed by atoms with Gasteiger partial charge in [0.05, 0.1) is 31.1 Å². The smallest absolute Gasteiger partial charge is 0.324 e. The van der Waals surface area contributed by atoms with Gasteiger partial charge in [-0.3, -0.25) is 14.5 Å². The molecule has 2 aromatic heterocycles. The number of hydrogen-bond acceptors (Lipinski definition) is 8. The molecular weight excluding hydrogens is 386 g/mol. The van der Waals surface area contributed by atoms with Gasteiger partial charge in [0.15, 0.2) is 10.7 Å². The van der Waals surface area contributed by atoms with Gasteiger partial charge in [-0.25, -0.2) is 4.98 Å². The van der Waals surface area contributed by atoms with Crippen molar-refractivity contribution in [3.63, 3.8) is 0 Å². The lowest BCUT2D eigenvalue weighted by Gasteiger charge is -2.11. The third-order valence-corrected chi connectivity index (χ3v) is 4.83. The van der Waals surface area contributed by atoms with E-state index in [1.54, 1.807) is 10.5 Å². The SMILES string of the molecule is COc1ccc(OC)c([N+](=O)[O-])c1-c1nc2scc(C)n2c1/C=N/N=C(N)N. The Morgan fingerprint density at radius 3 is 2.61 bits per heavy atom. The number of thiazole rings is 1. The molecule has 0 fully saturated rings. The summed E-state index contributed by atoms with van der Waals surface area (Å²) in [4.78, 5) is 16.5. The first-order chi connectivity index (χ1) is 13.4. The van der Waals surface area contributed by atoms with E-state index in [1.807, 2.05) is 12.3 Å². The van der Waals surface area contributed by atoms with Gasteiger partial charge < -0.3 is 20.9 Å². The number of methoxy groups -OCH3 is 2. The molecular formula is C16H17N7O4S. The van der Waals surface area contributed by atoms with Gasteiger partial charge in [0.2, 0.25) is 5.96 Å². The number of guanidine groups is 1. The van der Waals surface area contributed by atoms with Crippen molar-refractivity contribution in [3.8, 4) is 22.8 Å². The topological polar surface area (TPSA) is 156 Å². The molecule has 0 bridgehead atoms. The highest BCUT2D eigenvalue weighted by Gasteiger charge is 2.30. The molecule has 12 heteroatoms. The highest BCUT2D eigenvalue weighted by atomic mass is 32.1. The van der Waals surface area contributed by atoms with Gasteiger partial charge >= 0.3 is 5.69 Å². The first-order valence-corrected chi connectivity index (χ1v) is 8.75. The summed E-state index contributed by atoms with van der Waals surface area (Å²) in [6.07, 6.45) is 1.39. The first kappa shape index (κ1) is 19.1. The fraction of sp³-hybridized carbons (Fsp3) is 0.188. The maximum Gasteiger partial charge on any atom is 0.324 e. The molecule has 0 saturated carbocycles. The van der Waals surface area contributed by atoms with E-state index in [9.17, 15) is 10.1 Å². The van der Waals surface area contributed by atoms with Crippen LogP contribution in [0.4, 0.5) is 5.69 Å². The Kier molecular flexibility index (Phi) is 5.13. The number of ether oxygens (including phenoxy) is 2. The third kappa shape index (κ3) is 3.20. The molecule has 3 aromatic rings. The van der Waals surface area contributed by atoms with E-state index in [4.69, 9.17) is 20.9 Å². The van der Waals surface area contributed by atoms with Crippen molar-refractivity contribution in [2.24, 2.45) is 21.7 Å². The van der Waals surface area contributed by atoms with E-state index in [0.717, 1.165) is 5.69 Å². The Hall–Kier alpha value is -3.67. The summed E-state index contributed by atoms with van der Waals surface area (Å²) >= 11 is 1.38. The number of aromatic nitrogens is 2. The second kappa shape index (κ2) is 7.52. The summed E-state index contributed by atoms with van der Waals surface area (Å²) in [5, 5.41) is 21.2. The predicted octanol–water partition coefficient (Wildman–Crippen LogP) is 1.90. The van der Waals surface area contributed by atoms with E-state index in [-0.39, 0.29) is 28.7 Å². The molecule has 28 heavy (non-hydrogen) atoms. The molecule has 0 amide bonds. The molecule has 146 valence electrons. The summed E-state index contributed by atoms with van der Waals surface area (Å²) in [6.45, 7) is 1.88. The van der Waals surface area contributed by atoms with Crippen LogP contribution >= 0.6 is 11.3 Å². The Balaban J connectivity index is 2.40. The molecule has 0 unspecified atom stereocenters. The zero-order valence-electron chi connectivity index (χ0n) is 15.2. The molecule has 1 aromatic carbocycles. The number of hydrogen-bond donors (Lipinski definition) is 2. The minimum absolute atomic E-state index is 0.0842. The molecule has 0 spiro atoms. The van der Waals surface area contributed by atoms with E-state index in [0.29, 0.717) is 16.3 Å². The van der Waals surface area contributed by atoms with E-state index < -0.39 is 4.92 Å². The third-order valence-electron chi connectivity index (χ3n) is 3.88. The first-order valence-electron chi connectivity index (χ1n) is 7.87. The highest BCUT2D eigenvalue weighted by molar-refractivity contribution is 7.15. The summed E-state index contributed by atoms with van der Waals surface area (Å²) in [5.41, 5.74) is 12.2. The normalized spacial score (nSPS) is 11.1. The average molecular weight is 403 g/mol. The molecule has 3 rings (SSSR count). The zero-order valence-corrected chi connectivity index (χ0v) is 16.1. The van der Waals surface area contributed by atoms with Crippen LogP contribution in [-0.4, -0.2) is 40.7 Å². The Bertz CT molecular complexity index is 1110. The van der Waals surface area contributed by atoms with E-state index >= 15 is 0 Å². The number of nitrogens with two attached hydrogens (primary N) is 2. The molecule has 4 N–H and O–H groups in total. The Morgan fingerprint density at radius 1 is 1.32 bits per heavy atom. The van der Waals surface area contributed by atoms with Crippen molar-refractivity contribution >= 4 is 34.2 Å². The van der Waals surface area contributed by atoms with Gasteiger partial charge in [-0.05, 0) is 19.1 Å². The summed E-state index contributed by atoms with van der Waals surface area (Å²) in [6, 6.07) is 3.05. The fourth-order valence-corrected chi connectivity index (χ4v) is 3.65. The van der Waals surface area contributed by atoms with Crippen LogP contribution in [0.15, 0.2) is 27.7 Å². The maximum absolute atomic E-state index is 11.8. The van der Waals surface area contributed by atoms with Gasteiger partial charge in [0, 0.05) is 11.1 Å².